The van der Waals surface area contributed by atoms with Crippen molar-refractivity contribution in [1.82, 2.24) is 5.32 Å². The summed E-state index contributed by atoms with van der Waals surface area (Å²) in [5.41, 5.74) is 3.69. The number of ether oxygens (including phenoxy) is 1. The molecule has 0 fully saturated rings. The lowest BCUT2D eigenvalue weighted by atomic mass is 10.0. The predicted molar refractivity (Wildman–Crippen MR) is 83.8 cm³/mol. The van der Waals surface area contributed by atoms with Crippen LogP contribution in [0, 0.1) is 19.3 Å². The summed E-state index contributed by atoms with van der Waals surface area (Å²) in [5, 5.41) is 3.09. The maximum Gasteiger partial charge on any atom is 0.119 e. The van der Waals surface area contributed by atoms with Gasteiger partial charge in [0.05, 0.1) is 6.54 Å². The van der Waals surface area contributed by atoms with E-state index in [1.807, 2.05) is 12.1 Å². The van der Waals surface area contributed by atoms with Gasteiger partial charge in [-0.25, -0.2) is 0 Å². The fourth-order valence-corrected chi connectivity index (χ4v) is 1.89. The molecule has 1 N–H and O–H groups in total. The van der Waals surface area contributed by atoms with E-state index in [2.05, 4.69) is 54.6 Å². The minimum atomic E-state index is 0.579. The zero-order chi connectivity index (χ0) is 14.2. The molecular formula is C18H19NO. The standard InChI is InChI=1S/C18H19NO/c1-3-12-19-13-14-20-18-10-8-17(9-11-18)16-6-4-15(2)5-7-16/h1,4-11,19H,12-14H2,2H3. The van der Waals surface area contributed by atoms with Crippen molar-refractivity contribution in [3.63, 3.8) is 0 Å². The molecule has 0 unspecified atom stereocenters. The number of nitrogens with one attached hydrogen (secondary N) is 1. The fourth-order valence-electron chi connectivity index (χ4n) is 1.89. The van der Waals surface area contributed by atoms with Gasteiger partial charge in [0.25, 0.3) is 0 Å². The molecule has 0 atom stereocenters. The van der Waals surface area contributed by atoms with Gasteiger partial charge >= 0.3 is 0 Å². The summed E-state index contributed by atoms with van der Waals surface area (Å²) in [6.45, 7) is 4.04. The average Bonchev–Trinajstić information content (AvgIpc) is 2.49. The quantitative estimate of drug-likeness (QED) is 0.639. The highest BCUT2D eigenvalue weighted by molar-refractivity contribution is 5.64. The topological polar surface area (TPSA) is 21.3 Å². The number of benzene rings is 2. The molecular weight excluding hydrogens is 246 g/mol. The van der Waals surface area contributed by atoms with Gasteiger partial charge in [0.1, 0.15) is 12.4 Å². The van der Waals surface area contributed by atoms with Crippen LogP contribution in [0.5, 0.6) is 5.75 Å². The van der Waals surface area contributed by atoms with Crippen molar-refractivity contribution in [1.29, 1.82) is 0 Å². The Kier molecular flexibility index (Phi) is 5.23. The molecule has 0 aliphatic heterocycles. The molecule has 0 saturated carbocycles. The van der Waals surface area contributed by atoms with Gasteiger partial charge in [-0.3, -0.25) is 0 Å². The number of rotatable bonds is 6. The summed E-state index contributed by atoms with van der Waals surface area (Å²) in [7, 11) is 0. The van der Waals surface area contributed by atoms with Crippen molar-refractivity contribution in [2.75, 3.05) is 19.7 Å². The molecule has 0 radical (unpaired) electrons. The molecule has 0 spiro atoms. The van der Waals surface area contributed by atoms with Crippen molar-refractivity contribution in [3.8, 4) is 29.2 Å². The minimum absolute atomic E-state index is 0.579. The molecule has 0 amide bonds. The minimum Gasteiger partial charge on any atom is -0.492 e. The van der Waals surface area contributed by atoms with Crippen LogP contribution in [0.25, 0.3) is 11.1 Å². The van der Waals surface area contributed by atoms with Crippen molar-refractivity contribution >= 4 is 0 Å². The summed E-state index contributed by atoms with van der Waals surface area (Å²) in [6.07, 6.45) is 5.15. The highest BCUT2D eigenvalue weighted by Crippen LogP contribution is 2.22. The molecule has 2 nitrogen and oxygen atoms in total. The van der Waals surface area contributed by atoms with Crippen LogP contribution in [0.2, 0.25) is 0 Å². The van der Waals surface area contributed by atoms with E-state index in [1.54, 1.807) is 0 Å². The monoisotopic (exact) mass is 265 g/mol. The van der Waals surface area contributed by atoms with Crippen LogP contribution in [0.4, 0.5) is 0 Å². The van der Waals surface area contributed by atoms with Gasteiger partial charge in [-0.1, -0.05) is 47.9 Å². The maximum atomic E-state index is 5.63. The highest BCUT2D eigenvalue weighted by atomic mass is 16.5. The molecule has 0 bridgehead atoms. The van der Waals surface area contributed by atoms with Crippen molar-refractivity contribution < 1.29 is 4.74 Å². The second-order valence-corrected chi connectivity index (χ2v) is 4.62. The van der Waals surface area contributed by atoms with Gasteiger partial charge < -0.3 is 10.1 Å². The summed E-state index contributed by atoms with van der Waals surface area (Å²) >= 11 is 0. The average molecular weight is 265 g/mol. The molecule has 0 aromatic heterocycles. The first-order chi connectivity index (χ1) is 9.79. The molecule has 102 valence electrons. The third kappa shape index (κ3) is 4.15. The molecule has 2 aromatic carbocycles. The van der Waals surface area contributed by atoms with Gasteiger partial charge in [0.2, 0.25) is 0 Å². The van der Waals surface area contributed by atoms with Gasteiger partial charge in [-0.15, -0.1) is 6.42 Å². The fraction of sp³-hybridized carbons (Fsp3) is 0.222. The second kappa shape index (κ2) is 7.37. The number of aryl methyl sites for hydroxylation is 1. The number of hydrogen-bond donors (Lipinski definition) is 1. The van der Waals surface area contributed by atoms with E-state index in [4.69, 9.17) is 11.2 Å². The van der Waals surface area contributed by atoms with Crippen molar-refractivity contribution in [3.05, 3.63) is 54.1 Å². The summed E-state index contributed by atoms with van der Waals surface area (Å²) < 4.78 is 5.63. The molecule has 0 aliphatic rings. The Hall–Kier alpha value is -2.24. The second-order valence-electron chi connectivity index (χ2n) is 4.62. The lowest BCUT2D eigenvalue weighted by Gasteiger charge is -2.07. The Morgan fingerprint density at radius 1 is 1.00 bits per heavy atom. The van der Waals surface area contributed by atoms with Crippen LogP contribution >= 0.6 is 0 Å². The Morgan fingerprint density at radius 2 is 1.60 bits per heavy atom. The summed E-state index contributed by atoms with van der Waals surface area (Å²) in [4.78, 5) is 0. The van der Waals surface area contributed by atoms with E-state index >= 15 is 0 Å². The molecule has 0 aliphatic carbocycles. The Balaban J connectivity index is 1.90. The first-order valence-corrected chi connectivity index (χ1v) is 6.73. The van der Waals surface area contributed by atoms with Crippen LogP contribution in [0.3, 0.4) is 0 Å². The van der Waals surface area contributed by atoms with Crippen molar-refractivity contribution in [2.24, 2.45) is 0 Å². The lowest BCUT2D eigenvalue weighted by Crippen LogP contribution is -2.21. The molecule has 2 aromatic rings. The van der Waals surface area contributed by atoms with Crippen LogP contribution in [-0.2, 0) is 0 Å². The predicted octanol–water partition coefficient (Wildman–Crippen LogP) is 3.26. The van der Waals surface area contributed by atoms with E-state index in [0.717, 1.165) is 12.3 Å². The summed E-state index contributed by atoms with van der Waals surface area (Å²) in [6, 6.07) is 16.7. The van der Waals surface area contributed by atoms with Gasteiger partial charge in [-0.05, 0) is 30.2 Å². The normalized spacial score (nSPS) is 10.0. The Bertz CT molecular complexity index is 564. The smallest absolute Gasteiger partial charge is 0.119 e. The summed E-state index contributed by atoms with van der Waals surface area (Å²) in [5.74, 6) is 3.41. The molecule has 0 heterocycles. The molecule has 20 heavy (non-hydrogen) atoms. The van der Waals surface area contributed by atoms with Crippen LogP contribution < -0.4 is 10.1 Å². The van der Waals surface area contributed by atoms with Gasteiger partial charge in [-0.2, -0.15) is 0 Å². The maximum absolute atomic E-state index is 5.63. The Labute approximate surface area is 120 Å². The third-order valence-electron chi connectivity index (χ3n) is 3.01. The third-order valence-corrected chi connectivity index (χ3v) is 3.01. The van der Waals surface area contributed by atoms with Gasteiger partial charge in [0.15, 0.2) is 0 Å². The number of terminal acetylenes is 1. The van der Waals surface area contributed by atoms with E-state index in [1.165, 1.54) is 16.7 Å². The number of hydrogen-bond acceptors (Lipinski definition) is 2. The SMILES string of the molecule is C#CCNCCOc1ccc(-c2ccc(C)cc2)cc1. The molecule has 0 saturated heterocycles. The van der Waals surface area contributed by atoms with E-state index in [-0.39, 0.29) is 0 Å². The molecule has 2 rings (SSSR count). The first kappa shape index (κ1) is 14.2. The van der Waals surface area contributed by atoms with Gasteiger partial charge in [0, 0.05) is 6.54 Å². The van der Waals surface area contributed by atoms with Crippen LogP contribution in [-0.4, -0.2) is 19.7 Å². The lowest BCUT2D eigenvalue weighted by molar-refractivity contribution is 0.317. The van der Waals surface area contributed by atoms with Crippen molar-refractivity contribution in [2.45, 2.75) is 6.92 Å². The first-order valence-electron chi connectivity index (χ1n) is 6.73. The van der Waals surface area contributed by atoms with E-state index in [9.17, 15) is 0 Å². The zero-order valence-electron chi connectivity index (χ0n) is 11.7. The Morgan fingerprint density at radius 3 is 2.20 bits per heavy atom. The van der Waals surface area contributed by atoms with E-state index in [0.29, 0.717) is 13.2 Å². The van der Waals surface area contributed by atoms with E-state index < -0.39 is 0 Å². The van der Waals surface area contributed by atoms with Crippen LogP contribution in [0.15, 0.2) is 48.5 Å². The van der Waals surface area contributed by atoms with Crippen LogP contribution in [0.1, 0.15) is 5.56 Å². The largest absolute Gasteiger partial charge is 0.492 e. The zero-order valence-corrected chi connectivity index (χ0v) is 11.7. The highest BCUT2D eigenvalue weighted by Gasteiger charge is 1.98. The molecule has 2 heteroatoms.